The van der Waals surface area contributed by atoms with Gasteiger partial charge in [0.25, 0.3) is 5.69 Å². The summed E-state index contributed by atoms with van der Waals surface area (Å²) in [5, 5.41) is 10.5. The second-order valence-electron chi connectivity index (χ2n) is 3.40. The first-order valence-corrected chi connectivity index (χ1v) is 5.15. The van der Waals surface area contributed by atoms with Crippen LogP contribution in [0.2, 0.25) is 0 Å². The smallest absolute Gasteiger partial charge is 0.258 e. The predicted molar refractivity (Wildman–Crippen MR) is 61.7 cm³/mol. The molecule has 1 aromatic rings. The van der Waals surface area contributed by atoms with Gasteiger partial charge in [0.05, 0.1) is 4.92 Å². The molecule has 0 aromatic heterocycles. The van der Waals surface area contributed by atoms with Gasteiger partial charge >= 0.3 is 0 Å². The fourth-order valence-electron chi connectivity index (χ4n) is 1.28. The van der Waals surface area contributed by atoms with Gasteiger partial charge in [0, 0.05) is 12.1 Å². The van der Waals surface area contributed by atoms with Gasteiger partial charge in [-0.1, -0.05) is 44.1 Å². The highest BCUT2D eigenvalue weighted by Crippen LogP contribution is 2.14. The molecule has 0 spiro atoms. The summed E-state index contributed by atoms with van der Waals surface area (Å²) in [5.41, 5.74) is 1.04. The van der Waals surface area contributed by atoms with Crippen LogP contribution in [0.15, 0.2) is 30.3 Å². The van der Waals surface area contributed by atoms with Crippen molar-refractivity contribution in [2.75, 3.05) is 0 Å². The topological polar surface area (TPSA) is 43.1 Å². The van der Waals surface area contributed by atoms with Crippen molar-refractivity contribution in [3.63, 3.8) is 0 Å². The Balaban J connectivity index is 2.65. The number of hydrogen-bond donors (Lipinski definition) is 0. The van der Waals surface area contributed by atoms with E-state index in [4.69, 9.17) is 0 Å². The van der Waals surface area contributed by atoms with Gasteiger partial charge < -0.3 is 0 Å². The van der Waals surface area contributed by atoms with Crippen LogP contribution in [0.5, 0.6) is 0 Å². The summed E-state index contributed by atoms with van der Waals surface area (Å²) >= 11 is 0. The van der Waals surface area contributed by atoms with E-state index in [-0.39, 0.29) is 10.6 Å². The highest BCUT2D eigenvalue weighted by Gasteiger charge is 2.02. The molecule has 0 radical (unpaired) electrons. The van der Waals surface area contributed by atoms with E-state index in [2.05, 4.69) is 13.0 Å². The third kappa shape index (κ3) is 3.94. The number of nitrogens with zero attached hydrogens (tertiary/aromatic N) is 1. The van der Waals surface area contributed by atoms with E-state index in [1.54, 1.807) is 12.1 Å². The van der Waals surface area contributed by atoms with Crippen LogP contribution in [0, 0.1) is 10.1 Å². The molecule has 0 aliphatic carbocycles. The maximum absolute atomic E-state index is 10.5. The number of hydrogen-bond acceptors (Lipinski definition) is 2. The lowest BCUT2D eigenvalue weighted by molar-refractivity contribution is -0.384. The molecule has 0 aliphatic heterocycles. The summed E-state index contributed by atoms with van der Waals surface area (Å²) in [6.45, 7) is 2.14. The van der Waals surface area contributed by atoms with Crippen molar-refractivity contribution in [2.24, 2.45) is 0 Å². The minimum absolute atomic E-state index is 0.146. The lowest BCUT2D eigenvalue weighted by Gasteiger charge is -1.94. The molecule has 0 N–H and O–H groups in total. The molecule has 80 valence electrons. The molecule has 0 aliphatic rings. The fraction of sp³-hybridized carbons (Fsp3) is 0.333. The molecule has 0 heterocycles. The average molecular weight is 205 g/mol. The van der Waals surface area contributed by atoms with Crippen LogP contribution in [-0.2, 0) is 0 Å². The second-order valence-corrected chi connectivity index (χ2v) is 3.40. The van der Waals surface area contributed by atoms with Crippen LogP contribution in [0.25, 0.3) is 6.08 Å². The molecular weight excluding hydrogens is 190 g/mol. The highest BCUT2D eigenvalue weighted by molar-refractivity contribution is 5.53. The van der Waals surface area contributed by atoms with Crippen LogP contribution in [0.3, 0.4) is 0 Å². The summed E-state index contributed by atoms with van der Waals surface area (Å²) in [6, 6.07) is 6.67. The van der Waals surface area contributed by atoms with Gasteiger partial charge in [-0.05, 0) is 12.0 Å². The molecule has 15 heavy (non-hydrogen) atoms. The quantitative estimate of drug-likeness (QED) is 0.417. The first-order chi connectivity index (χ1) is 7.24. The Morgan fingerprint density at radius 2 is 2.27 bits per heavy atom. The molecule has 0 amide bonds. The van der Waals surface area contributed by atoms with Gasteiger partial charge in [0.2, 0.25) is 0 Å². The van der Waals surface area contributed by atoms with Gasteiger partial charge in [-0.15, -0.1) is 0 Å². The van der Waals surface area contributed by atoms with Crippen LogP contribution in [0.4, 0.5) is 5.69 Å². The first-order valence-electron chi connectivity index (χ1n) is 5.15. The Kier molecular flexibility index (Phi) is 4.54. The minimum Gasteiger partial charge on any atom is -0.258 e. The Morgan fingerprint density at radius 1 is 1.47 bits per heavy atom. The number of rotatable bonds is 5. The van der Waals surface area contributed by atoms with E-state index in [9.17, 15) is 10.1 Å². The monoisotopic (exact) mass is 205 g/mol. The number of unbranched alkanes of at least 4 members (excludes halogenated alkanes) is 2. The number of nitro groups is 1. The van der Waals surface area contributed by atoms with Gasteiger partial charge in [0.15, 0.2) is 0 Å². The molecule has 0 saturated heterocycles. The minimum atomic E-state index is -0.372. The molecular formula is C12H15NO2. The van der Waals surface area contributed by atoms with E-state index in [0.29, 0.717) is 0 Å². The van der Waals surface area contributed by atoms with Crippen LogP contribution in [0.1, 0.15) is 31.7 Å². The summed E-state index contributed by atoms with van der Waals surface area (Å²) in [6.07, 6.45) is 7.34. The highest BCUT2D eigenvalue weighted by atomic mass is 16.6. The molecule has 0 unspecified atom stereocenters. The molecule has 0 saturated carbocycles. The van der Waals surface area contributed by atoms with Crippen molar-refractivity contribution in [2.45, 2.75) is 26.2 Å². The van der Waals surface area contributed by atoms with Crippen LogP contribution in [-0.4, -0.2) is 4.92 Å². The molecule has 0 atom stereocenters. The zero-order valence-corrected chi connectivity index (χ0v) is 8.85. The zero-order chi connectivity index (χ0) is 11.1. The molecule has 3 heteroatoms. The predicted octanol–water partition coefficient (Wildman–Crippen LogP) is 3.80. The van der Waals surface area contributed by atoms with Crippen LogP contribution < -0.4 is 0 Å². The number of allylic oxidation sites excluding steroid dienone is 1. The van der Waals surface area contributed by atoms with Crippen molar-refractivity contribution >= 4 is 11.8 Å². The number of nitro benzene ring substituents is 1. The lowest BCUT2D eigenvalue weighted by atomic mass is 10.1. The van der Waals surface area contributed by atoms with Gasteiger partial charge in [-0.25, -0.2) is 0 Å². The molecule has 0 fully saturated rings. The molecule has 0 bridgehead atoms. The van der Waals surface area contributed by atoms with Crippen molar-refractivity contribution in [3.05, 3.63) is 46.0 Å². The largest absolute Gasteiger partial charge is 0.270 e. The van der Waals surface area contributed by atoms with Crippen molar-refractivity contribution in [1.82, 2.24) is 0 Å². The van der Waals surface area contributed by atoms with E-state index in [1.807, 2.05) is 12.1 Å². The summed E-state index contributed by atoms with van der Waals surface area (Å²) in [4.78, 5) is 10.1. The number of non-ortho nitro benzene ring substituents is 1. The molecule has 1 rings (SSSR count). The standard InChI is InChI=1S/C12H15NO2/c1-2-3-4-5-7-11-8-6-9-12(10-11)13(14)15/h5-10H,2-4H2,1H3/b7-5+. The number of benzene rings is 1. The summed E-state index contributed by atoms with van der Waals surface area (Å²) in [5.74, 6) is 0. The second kappa shape index (κ2) is 5.96. The van der Waals surface area contributed by atoms with Gasteiger partial charge in [-0.2, -0.15) is 0 Å². The Morgan fingerprint density at radius 3 is 2.93 bits per heavy atom. The molecule has 1 aromatic carbocycles. The van der Waals surface area contributed by atoms with E-state index >= 15 is 0 Å². The van der Waals surface area contributed by atoms with Crippen molar-refractivity contribution in [3.8, 4) is 0 Å². The van der Waals surface area contributed by atoms with Crippen LogP contribution >= 0.6 is 0 Å². The third-order valence-corrected chi connectivity index (χ3v) is 2.12. The zero-order valence-electron chi connectivity index (χ0n) is 8.85. The van der Waals surface area contributed by atoms with E-state index in [1.165, 1.54) is 12.5 Å². The Bertz CT molecular complexity index is 358. The summed E-state index contributed by atoms with van der Waals surface area (Å²) < 4.78 is 0. The van der Waals surface area contributed by atoms with E-state index < -0.39 is 0 Å². The fourth-order valence-corrected chi connectivity index (χ4v) is 1.28. The van der Waals surface area contributed by atoms with Gasteiger partial charge in [0.1, 0.15) is 0 Å². The lowest BCUT2D eigenvalue weighted by Crippen LogP contribution is -1.87. The maximum Gasteiger partial charge on any atom is 0.270 e. The SMILES string of the molecule is CCCC/C=C/c1cccc([N+](=O)[O-])c1. The van der Waals surface area contributed by atoms with Crippen molar-refractivity contribution < 1.29 is 4.92 Å². The normalized spacial score (nSPS) is 10.7. The molecule has 3 nitrogen and oxygen atoms in total. The van der Waals surface area contributed by atoms with Crippen molar-refractivity contribution in [1.29, 1.82) is 0 Å². The Hall–Kier alpha value is -1.64. The first kappa shape index (κ1) is 11.4. The summed E-state index contributed by atoms with van der Waals surface area (Å²) in [7, 11) is 0. The Labute approximate surface area is 89.6 Å². The third-order valence-electron chi connectivity index (χ3n) is 2.12. The maximum atomic E-state index is 10.5. The van der Waals surface area contributed by atoms with E-state index in [0.717, 1.165) is 18.4 Å². The average Bonchev–Trinajstić information content (AvgIpc) is 2.25. The van der Waals surface area contributed by atoms with Gasteiger partial charge in [-0.3, -0.25) is 10.1 Å².